The fraction of sp³-hybridized carbons (Fsp3) is 0.407. The van der Waals surface area contributed by atoms with E-state index in [4.69, 9.17) is 4.74 Å². The maximum absolute atomic E-state index is 13.9. The van der Waals surface area contributed by atoms with Crippen molar-refractivity contribution in [2.45, 2.75) is 57.9 Å². The number of ether oxygens (including phenoxy) is 1. The van der Waals surface area contributed by atoms with E-state index in [0.29, 0.717) is 17.9 Å². The first kappa shape index (κ1) is 20.8. The van der Waals surface area contributed by atoms with E-state index in [1.165, 1.54) is 12.0 Å². The molecule has 166 valence electrons. The molecule has 0 atom stereocenters. The molecule has 3 aliphatic rings. The fourth-order valence-corrected chi connectivity index (χ4v) is 5.37. The van der Waals surface area contributed by atoms with E-state index in [1.54, 1.807) is 4.90 Å². The third-order valence-electron chi connectivity index (χ3n) is 6.86. The maximum atomic E-state index is 13.9. The molecule has 1 saturated carbocycles. The number of carbonyl (C=O) groups excluding carboxylic acids is 2. The van der Waals surface area contributed by atoms with Crippen LogP contribution in [-0.2, 0) is 16.0 Å². The van der Waals surface area contributed by atoms with Crippen LogP contribution >= 0.6 is 0 Å². The van der Waals surface area contributed by atoms with E-state index in [-0.39, 0.29) is 17.9 Å². The summed E-state index contributed by atoms with van der Waals surface area (Å²) in [5.74, 6) is 0.481. The van der Waals surface area contributed by atoms with Crippen LogP contribution in [0.15, 0.2) is 54.2 Å². The molecule has 5 rings (SSSR count). The molecule has 0 spiro atoms. The monoisotopic (exact) mass is 430 g/mol. The van der Waals surface area contributed by atoms with E-state index >= 15 is 0 Å². The van der Waals surface area contributed by atoms with Crippen LogP contribution in [-0.4, -0.2) is 35.9 Å². The summed E-state index contributed by atoms with van der Waals surface area (Å²) in [6.07, 6.45) is 7.08. The van der Waals surface area contributed by atoms with Gasteiger partial charge in [0.05, 0.1) is 12.2 Å². The molecule has 1 fully saturated rings. The minimum atomic E-state index is -0.149. The Bertz CT molecular complexity index is 1050. The number of amides is 2. The van der Waals surface area contributed by atoms with Gasteiger partial charge >= 0.3 is 0 Å². The summed E-state index contributed by atoms with van der Waals surface area (Å²) in [6.45, 7) is 3.28. The van der Waals surface area contributed by atoms with Crippen molar-refractivity contribution in [3.05, 3.63) is 65.4 Å². The average Bonchev–Trinajstić information content (AvgIpc) is 3.09. The van der Waals surface area contributed by atoms with Gasteiger partial charge in [-0.15, -0.1) is 0 Å². The number of aryl methyl sites for hydroxylation is 1. The van der Waals surface area contributed by atoms with Gasteiger partial charge in [0, 0.05) is 18.3 Å². The number of imide groups is 1. The Morgan fingerprint density at radius 2 is 1.66 bits per heavy atom. The highest BCUT2D eigenvalue weighted by Gasteiger charge is 2.45. The normalized spacial score (nSPS) is 19.5. The minimum absolute atomic E-state index is 0.000942. The molecule has 2 aromatic carbocycles. The summed E-state index contributed by atoms with van der Waals surface area (Å²) in [5.41, 5.74) is 4.12. The van der Waals surface area contributed by atoms with E-state index < -0.39 is 0 Å². The van der Waals surface area contributed by atoms with Gasteiger partial charge in [-0.05, 0) is 61.9 Å². The Morgan fingerprint density at radius 3 is 2.41 bits per heavy atom. The topological polar surface area (TPSA) is 49.9 Å². The smallest absolute Gasteiger partial charge is 0.278 e. The highest BCUT2D eigenvalue weighted by atomic mass is 16.5. The molecule has 0 N–H and O–H groups in total. The Balaban J connectivity index is 1.61. The zero-order valence-electron chi connectivity index (χ0n) is 18.7. The first-order chi connectivity index (χ1) is 15.7. The van der Waals surface area contributed by atoms with Crippen molar-refractivity contribution in [2.75, 3.05) is 18.1 Å². The summed E-state index contributed by atoms with van der Waals surface area (Å²) in [5, 5.41) is 0. The molecule has 0 saturated heterocycles. The Morgan fingerprint density at radius 1 is 0.906 bits per heavy atom. The maximum Gasteiger partial charge on any atom is 0.278 e. The first-order valence-electron chi connectivity index (χ1n) is 11.9. The predicted octanol–water partition coefficient (Wildman–Crippen LogP) is 4.95. The number of carbonyl (C=O) groups is 2. The van der Waals surface area contributed by atoms with Gasteiger partial charge in [0.2, 0.25) is 0 Å². The van der Waals surface area contributed by atoms with Crippen molar-refractivity contribution in [3.8, 4) is 5.75 Å². The molecular weight excluding hydrogens is 400 g/mol. The summed E-state index contributed by atoms with van der Waals surface area (Å²) in [7, 11) is 0. The lowest BCUT2D eigenvalue weighted by Gasteiger charge is -2.33. The number of fused-ring (bicyclic) bond motifs is 1. The van der Waals surface area contributed by atoms with Crippen LogP contribution in [0.25, 0.3) is 5.57 Å². The Labute approximate surface area is 189 Å². The molecule has 2 amide bonds. The van der Waals surface area contributed by atoms with Crippen LogP contribution in [0.5, 0.6) is 5.75 Å². The molecule has 32 heavy (non-hydrogen) atoms. The molecular formula is C27H30N2O3. The van der Waals surface area contributed by atoms with Gasteiger partial charge in [0.1, 0.15) is 11.4 Å². The van der Waals surface area contributed by atoms with Crippen molar-refractivity contribution in [3.63, 3.8) is 0 Å². The van der Waals surface area contributed by atoms with E-state index in [2.05, 4.69) is 17.0 Å². The zero-order valence-corrected chi connectivity index (χ0v) is 18.7. The van der Waals surface area contributed by atoms with Crippen molar-refractivity contribution in [1.29, 1.82) is 0 Å². The van der Waals surface area contributed by atoms with Gasteiger partial charge in [-0.1, -0.05) is 49.6 Å². The number of rotatable bonds is 5. The van der Waals surface area contributed by atoms with Crippen LogP contribution < -0.4 is 9.64 Å². The van der Waals surface area contributed by atoms with Gasteiger partial charge < -0.3 is 9.64 Å². The van der Waals surface area contributed by atoms with Crippen LogP contribution in [0.3, 0.4) is 0 Å². The number of anilines is 1. The molecule has 5 nitrogen and oxygen atoms in total. The molecule has 0 radical (unpaired) electrons. The van der Waals surface area contributed by atoms with Crippen molar-refractivity contribution < 1.29 is 14.3 Å². The first-order valence-corrected chi connectivity index (χ1v) is 11.9. The molecule has 5 heteroatoms. The standard InChI is InChI=1S/C27H30N2O3/c1-2-32-22-16-14-20(15-17-22)24-25(28-18-8-10-19-9-6-7-13-23(19)28)27(31)29(26(24)30)21-11-4-3-5-12-21/h6-7,9,13-17,21H,2-5,8,10-12,18H2,1H3. The summed E-state index contributed by atoms with van der Waals surface area (Å²) >= 11 is 0. The second kappa shape index (κ2) is 8.81. The fourth-order valence-electron chi connectivity index (χ4n) is 5.37. The number of nitrogens with zero attached hydrogens (tertiary/aromatic N) is 2. The number of hydrogen-bond donors (Lipinski definition) is 0. The van der Waals surface area contributed by atoms with E-state index in [9.17, 15) is 9.59 Å². The third-order valence-corrected chi connectivity index (χ3v) is 6.86. The predicted molar refractivity (Wildman–Crippen MR) is 125 cm³/mol. The lowest BCUT2D eigenvalue weighted by Crippen LogP contribution is -2.44. The highest BCUT2D eigenvalue weighted by molar-refractivity contribution is 6.37. The van der Waals surface area contributed by atoms with Crippen LogP contribution in [0, 0.1) is 0 Å². The van der Waals surface area contributed by atoms with Gasteiger partial charge in [-0.2, -0.15) is 0 Å². The Hall–Kier alpha value is -3.08. The van der Waals surface area contributed by atoms with Gasteiger partial charge in [-0.3, -0.25) is 14.5 Å². The molecule has 1 aliphatic carbocycles. The summed E-state index contributed by atoms with van der Waals surface area (Å²) < 4.78 is 5.59. The summed E-state index contributed by atoms with van der Waals surface area (Å²) in [4.78, 5) is 31.3. The zero-order chi connectivity index (χ0) is 22.1. The number of benzene rings is 2. The second-order valence-corrected chi connectivity index (χ2v) is 8.84. The van der Waals surface area contributed by atoms with Crippen molar-refractivity contribution in [1.82, 2.24) is 4.90 Å². The summed E-state index contributed by atoms with van der Waals surface area (Å²) in [6, 6.07) is 15.8. The second-order valence-electron chi connectivity index (χ2n) is 8.84. The molecule has 0 aromatic heterocycles. The Kier molecular flexibility index (Phi) is 5.73. The molecule has 0 bridgehead atoms. The van der Waals surface area contributed by atoms with Gasteiger partial charge in [0.15, 0.2) is 0 Å². The molecule has 0 unspecified atom stereocenters. The quantitative estimate of drug-likeness (QED) is 0.630. The van der Waals surface area contributed by atoms with Crippen LogP contribution in [0.2, 0.25) is 0 Å². The number of para-hydroxylation sites is 1. The molecule has 2 heterocycles. The average molecular weight is 431 g/mol. The van der Waals surface area contributed by atoms with E-state index in [1.807, 2.05) is 43.3 Å². The minimum Gasteiger partial charge on any atom is -0.494 e. The van der Waals surface area contributed by atoms with Crippen molar-refractivity contribution >= 4 is 23.1 Å². The van der Waals surface area contributed by atoms with Crippen LogP contribution in [0.1, 0.15) is 56.6 Å². The third kappa shape index (κ3) is 3.60. The SMILES string of the molecule is CCOc1ccc(C2=C(N3CCCc4ccccc43)C(=O)N(C3CCCCC3)C2=O)cc1. The highest BCUT2D eigenvalue weighted by Crippen LogP contribution is 2.40. The lowest BCUT2D eigenvalue weighted by molar-refractivity contribution is -0.140. The number of hydrogen-bond acceptors (Lipinski definition) is 4. The van der Waals surface area contributed by atoms with Crippen LogP contribution in [0.4, 0.5) is 5.69 Å². The largest absolute Gasteiger partial charge is 0.494 e. The van der Waals surface area contributed by atoms with Gasteiger partial charge in [0.25, 0.3) is 11.8 Å². The molecule has 2 aromatic rings. The lowest BCUT2D eigenvalue weighted by atomic mass is 9.94. The van der Waals surface area contributed by atoms with Gasteiger partial charge in [-0.25, -0.2) is 0 Å². The van der Waals surface area contributed by atoms with Crippen molar-refractivity contribution in [2.24, 2.45) is 0 Å². The molecule has 2 aliphatic heterocycles. The van der Waals surface area contributed by atoms with E-state index in [0.717, 1.165) is 62.1 Å².